The summed E-state index contributed by atoms with van der Waals surface area (Å²) in [6.45, 7) is 9.43. The minimum absolute atomic E-state index is 0.0451. The molecule has 106 valence electrons. The van der Waals surface area contributed by atoms with E-state index >= 15 is 0 Å². The average Bonchev–Trinajstić information content (AvgIpc) is 2.27. The maximum Gasteiger partial charge on any atom is 0.309 e. The van der Waals surface area contributed by atoms with Crippen LogP contribution in [0.15, 0.2) is 0 Å². The zero-order chi connectivity index (χ0) is 13.6. The van der Waals surface area contributed by atoms with Gasteiger partial charge in [0.2, 0.25) is 0 Å². The van der Waals surface area contributed by atoms with Crippen LogP contribution in [-0.4, -0.2) is 12.6 Å². The Hall–Kier alpha value is -0.530. The van der Waals surface area contributed by atoms with Gasteiger partial charge in [0, 0.05) is 0 Å². The number of hydrogen-bond acceptors (Lipinski definition) is 2. The molecule has 2 nitrogen and oxygen atoms in total. The van der Waals surface area contributed by atoms with Crippen molar-refractivity contribution in [2.45, 2.75) is 72.6 Å². The lowest BCUT2D eigenvalue weighted by atomic mass is 9.64. The van der Waals surface area contributed by atoms with Gasteiger partial charge in [-0.1, -0.05) is 53.4 Å². The van der Waals surface area contributed by atoms with Crippen LogP contribution in [0.25, 0.3) is 0 Å². The van der Waals surface area contributed by atoms with E-state index in [2.05, 4.69) is 27.7 Å². The molecule has 1 saturated carbocycles. The summed E-state index contributed by atoms with van der Waals surface area (Å²) < 4.78 is 5.50. The van der Waals surface area contributed by atoms with Crippen molar-refractivity contribution in [3.05, 3.63) is 0 Å². The third-order valence-corrected chi connectivity index (χ3v) is 4.39. The van der Waals surface area contributed by atoms with Crippen molar-refractivity contribution >= 4 is 5.97 Å². The second-order valence-electron chi connectivity index (χ2n) is 6.56. The van der Waals surface area contributed by atoms with Crippen LogP contribution < -0.4 is 0 Å². The molecule has 2 heteroatoms. The molecule has 0 aliphatic heterocycles. The van der Waals surface area contributed by atoms with Crippen molar-refractivity contribution in [2.75, 3.05) is 6.61 Å². The molecule has 0 radical (unpaired) electrons. The molecule has 1 aliphatic rings. The van der Waals surface area contributed by atoms with Crippen molar-refractivity contribution < 1.29 is 9.53 Å². The molecule has 18 heavy (non-hydrogen) atoms. The molecule has 2 unspecified atom stereocenters. The molecule has 0 amide bonds. The minimum atomic E-state index is 0.0451. The van der Waals surface area contributed by atoms with Gasteiger partial charge in [-0.05, 0) is 30.6 Å². The van der Waals surface area contributed by atoms with E-state index in [1.165, 1.54) is 32.1 Å². The van der Waals surface area contributed by atoms with Gasteiger partial charge in [0.25, 0.3) is 0 Å². The highest BCUT2D eigenvalue weighted by molar-refractivity contribution is 5.73. The zero-order valence-electron chi connectivity index (χ0n) is 12.6. The lowest BCUT2D eigenvalue weighted by Crippen LogP contribution is -2.40. The Morgan fingerprint density at radius 1 is 1.28 bits per heavy atom. The quantitative estimate of drug-likeness (QED) is 0.512. The number of carbonyl (C=O) groups is 1. The summed E-state index contributed by atoms with van der Waals surface area (Å²) in [6, 6.07) is 0. The first-order chi connectivity index (χ1) is 8.49. The third kappa shape index (κ3) is 4.29. The number of ether oxygens (including phenoxy) is 1. The third-order valence-electron chi connectivity index (χ3n) is 4.39. The smallest absolute Gasteiger partial charge is 0.309 e. The van der Waals surface area contributed by atoms with E-state index in [4.69, 9.17) is 4.74 Å². The lowest BCUT2D eigenvalue weighted by Gasteiger charge is -2.41. The normalized spacial score (nSPS) is 26.9. The van der Waals surface area contributed by atoms with E-state index in [-0.39, 0.29) is 17.3 Å². The zero-order valence-corrected chi connectivity index (χ0v) is 12.6. The van der Waals surface area contributed by atoms with Crippen LogP contribution in [0, 0.1) is 17.3 Å². The van der Waals surface area contributed by atoms with E-state index in [0.29, 0.717) is 12.5 Å². The molecule has 0 N–H and O–H groups in total. The first kappa shape index (κ1) is 15.5. The van der Waals surface area contributed by atoms with Gasteiger partial charge in [0.05, 0.1) is 12.5 Å². The predicted molar refractivity (Wildman–Crippen MR) is 75.4 cm³/mol. The molecule has 0 heterocycles. The number of hydrogen-bond donors (Lipinski definition) is 0. The number of esters is 1. The first-order valence-corrected chi connectivity index (χ1v) is 7.65. The van der Waals surface area contributed by atoms with E-state index in [1.54, 1.807) is 0 Å². The van der Waals surface area contributed by atoms with Crippen molar-refractivity contribution in [1.29, 1.82) is 0 Å². The summed E-state index contributed by atoms with van der Waals surface area (Å²) in [5.74, 6) is 0.609. The number of rotatable bonds is 6. The summed E-state index contributed by atoms with van der Waals surface area (Å²) in [5.41, 5.74) is 0.109. The highest BCUT2D eigenvalue weighted by atomic mass is 16.5. The van der Waals surface area contributed by atoms with Crippen LogP contribution in [0.2, 0.25) is 0 Å². The van der Waals surface area contributed by atoms with E-state index < -0.39 is 0 Å². The van der Waals surface area contributed by atoms with Crippen molar-refractivity contribution in [3.8, 4) is 0 Å². The Kier molecular flexibility index (Phi) is 6.17. The summed E-state index contributed by atoms with van der Waals surface area (Å²) in [7, 11) is 0. The largest absolute Gasteiger partial charge is 0.465 e. The second kappa shape index (κ2) is 7.16. The molecule has 1 rings (SSSR count). The highest BCUT2D eigenvalue weighted by Crippen LogP contribution is 2.44. The summed E-state index contributed by atoms with van der Waals surface area (Å²) in [4.78, 5) is 12.2. The monoisotopic (exact) mass is 254 g/mol. The minimum Gasteiger partial charge on any atom is -0.465 e. The highest BCUT2D eigenvalue weighted by Gasteiger charge is 2.42. The van der Waals surface area contributed by atoms with Gasteiger partial charge in [0.15, 0.2) is 0 Å². The molecule has 1 aliphatic carbocycles. The van der Waals surface area contributed by atoms with Crippen LogP contribution in [0.5, 0.6) is 0 Å². The molecular formula is C16H30O2. The van der Waals surface area contributed by atoms with Crippen LogP contribution in [0.3, 0.4) is 0 Å². The summed E-state index contributed by atoms with van der Waals surface area (Å²) in [5, 5.41) is 0. The lowest BCUT2D eigenvalue weighted by molar-refractivity contribution is -0.157. The van der Waals surface area contributed by atoms with Crippen molar-refractivity contribution in [3.63, 3.8) is 0 Å². The Balaban J connectivity index is 2.39. The predicted octanol–water partition coefficient (Wildman–Crippen LogP) is 4.57. The van der Waals surface area contributed by atoms with Crippen molar-refractivity contribution in [1.82, 2.24) is 0 Å². The van der Waals surface area contributed by atoms with Gasteiger partial charge in [-0.15, -0.1) is 0 Å². The molecule has 0 saturated heterocycles. The van der Waals surface area contributed by atoms with Gasteiger partial charge in [-0.25, -0.2) is 0 Å². The summed E-state index contributed by atoms with van der Waals surface area (Å²) in [6.07, 6.45) is 8.21. The fourth-order valence-electron chi connectivity index (χ4n) is 3.31. The fraction of sp³-hybridized carbons (Fsp3) is 0.938. The number of unbranched alkanes of at least 4 members (excludes halogenated alkanes) is 3. The maximum absolute atomic E-state index is 12.2. The Morgan fingerprint density at radius 2 is 2.00 bits per heavy atom. The molecule has 0 aromatic carbocycles. The van der Waals surface area contributed by atoms with Gasteiger partial charge in [-0.3, -0.25) is 4.79 Å². The summed E-state index contributed by atoms with van der Waals surface area (Å²) >= 11 is 0. The molecule has 1 fully saturated rings. The van der Waals surface area contributed by atoms with Crippen LogP contribution >= 0.6 is 0 Å². The Morgan fingerprint density at radius 3 is 2.61 bits per heavy atom. The van der Waals surface area contributed by atoms with E-state index in [9.17, 15) is 4.79 Å². The molecule has 2 atom stereocenters. The topological polar surface area (TPSA) is 26.3 Å². The second-order valence-corrected chi connectivity index (χ2v) is 6.56. The first-order valence-electron chi connectivity index (χ1n) is 7.65. The van der Waals surface area contributed by atoms with Crippen molar-refractivity contribution in [2.24, 2.45) is 17.3 Å². The maximum atomic E-state index is 12.2. The molecule has 0 bridgehead atoms. The van der Waals surface area contributed by atoms with E-state index in [0.717, 1.165) is 12.8 Å². The Labute approximate surface area is 112 Å². The van der Waals surface area contributed by atoms with E-state index in [1.807, 2.05) is 0 Å². The standard InChI is InChI=1S/C16H30O2/c1-5-6-7-8-12-18-15(17)14-13(2)10-9-11-16(14,3)4/h13-14H,5-12H2,1-4H3. The Bertz CT molecular complexity index is 258. The van der Waals surface area contributed by atoms with Gasteiger partial charge >= 0.3 is 5.97 Å². The van der Waals surface area contributed by atoms with Crippen LogP contribution in [0.1, 0.15) is 72.6 Å². The SMILES string of the molecule is CCCCCCOC(=O)C1C(C)CCCC1(C)C. The average molecular weight is 254 g/mol. The van der Waals surface area contributed by atoms with Gasteiger partial charge < -0.3 is 4.74 Å². The fourth-order valence-corrected chi connectivity index (χ4v) is 3.31. The molecule has 0 aromatic rings. The van der Waals surface area contributed by atoms with Gasteiger partial charge in [0.1, 0.15) is 0 Å². The van der Waals surface area contributed by atoms with Crippen LogP contribution in [0.4, 0.5) is 0 Å². The van der Waals surface area contributed by atoms with Gasteiger partial charge in [-0.2, -0.15) is 0 Å². The molecule has 0 aromatic heterocycles. The molecule has 0 spiro atoms. The molecular weight excluding hydrogens is 224 g/mol. The number of carbonyl (C=O) groups excluding carboxylic acids is 1. The van der Waals surface area contributed by atoms with Crippen LogP contribution in [-0.2, 0) is 9.53 Å².